The molecule has 2 rings (SSSR count). The summed E-state index contributed by atoms with van der Waals surface area (Å²) in [6.45, 7) is 2.39. The van der Waals surface area contributed by atoms with Crippen molar-refractivity contribution in [3.05, 3.63) is 29.8 Å². The van der Waals surface area contributed by atoms with Gasteiger partial charge in [-0.3, -0.25) is 0 Å². The SMILES string of the molecule is CN(CCCCCCl)CC1Cc2ccccc2S1. The summed E-state index contributed by atoms with van der Waals surface area (Å²) in [6, 6.07) is 8.81. The second-order valence-electron chi connectivity index (χ2n) is 5.06. The fourth-order valence-electron chi connectivity index (χ4n) is 2.45. The van der Waals surface area contributed by atoms with Gasteiger partial charge in [0.15, 0.2) is 0 Å². The lowest BCUT2D eigenvalue weighted by Crippen LogP contribution is -2.28. The molecule has 0 radical (unpaired) electrons. The van der Waals surface area contributed by atoms with Crippen LogP contribution in [0.5, 0.6) is 0 Å². The first-order chi connectivity index (χ1) is 8.79. The second-order valence-corrected chi connectivity index (χ2v) is 6.78. The van der Waals surface area contributed by atoms with Crippen molar-refractivity contribution in [1.82, 2.24) is 4.90 Å². The summed E-state index contributed by atoms with van der Waals surface area (Å²) >= 11 is 7.73. The molecule has 0 bridgehead atoms. The Balaban J connectivity index is 1.69. The molecule has 1 aliphatic heterocycles. The number of fused-ring (bicyclic) bond motifs is 1. The third-order valence-corrected chi connectivity index (χ3v) is 4.97. The monoisotopic (exact) mass is 283 g/mol. The Hall–Kier alpha value is -0.180. The van der Waals surface area contributed by atoms with Gasteiger partial charge in [-0.1, -0.05) is 24.6 Å². The van der Waals surface area contributed by atoms with Crippen molar-refractivity contribution >= 4 is 23.4 Å². The predicted molar refractivity (Wildman–Crippen MR) is 81.9 cm³/mol. The molecule has 0 N–H and O–H groups in total. The van der Waals surface area contributed by atoms with Gasteiger partial charge >= 0.3 is 0 Å². The number of unbranched alkanes of at least 4 members (excludes halogenated alkanes) is 2. The van der Waals surface area contributed by atoms with Crippen LogP contribution in [0.1, 0.15) is 24.8 Å². The van der Waals surface area contributed by atoms with Crippen LogP contribution < -0.4 is 0 Å². The molecule has 3 heteroatoms. The molecule has 1 atom stereocenters. The van der Waals surface area contributed by atoms with Gasteiger partial charge in [-0.25, -0.2) is 0 Å². The van der Waals surface area contributed by atoms with Crippen molar-refractivity contribution in [2.24, 2.45) is 0 Å². The lowest BCUT2D eigenvalue weighted by molar-refractivity contribution is 0.326. The van der Waals surface area contributed by atoms with E-state index in [0.29, 0.717) is 0 Å². The molecule has 100 valence electrons. The minimum atomic E-state index is 0.737. The van der Waals surface area contributed by atoms with E-state index in [1.165, 1.54) is 42.8 Å². The van der Waals surface area contributed by atoms with Crippen molar-refractivity contribution in [2.45, 2.75) is 35.8 Å². The molecule has 0 aromatic heterocycles. The van der Waals surface area contributed by atoms with E-state index in [1.54, 1.807) is 0 Å². The van der Waals surface area contributed by atoms with Crippen LogP contribution in [0, 0.1) is 0 Å². The van der Waals surface area contributed by atoms with Crippen LogP contribution in [0.3, 0.4) is 0 Å². The molecule has 0 saturated carbocycles. The maximum Gasteiger partial charge on any atom is 0.0263 e. The van der Waals surface area contributed by atoms with Gasteiger partial charge in [0.25, 0.3) is 0 Å². The Labute approximate surface area is 120 Å². The highest BCUT2D eigenvalue weighted by atomic mass is 35.5. The fraction of sp³-hybridized carbons (Fsp3) is 0.600. The molecule has 0 fully saturated rings. The van der Waals surface area contributed by atoms with Gasteiger partial charge in [-0.05, 0) is 44.5 Å². The number of rotatable bonds is 7. The number of hydrogen-bond donors (Lipinski definition) is 0. The summed E-state index contributed by atoms with van der Waals surface area (Å²) in [6.07, 6.45) is 4.91. The normalized spacial score (nSPS) is 18.3. The highest BCUT2D eigenvalue weighted by Crippen LogP contribution is 2.36. The highest BCUT2D eigenvalue weighted by Gasteiger charge is 2.22. The Morgan fingerprint density at radius 3 is 2.89 bits per heavy atom. The number of benzene rings is 1. The molecule has 1 unspecified atom stereocenters. The molecule has 0 aliphatic carbocycles. The molecule has 0 amide bonds. The third kappa shape index (κ3) is 4.18. The molecule has 18 heavy (non-hydrogen) atoms. The van der Waals surface area contributed by atoms with Gasteiger partial charge in [0.1, 0.15) is 0 Å². The molecule has 1 heterocycles. The van der Waals surface area contributed by atoms with Crippen molar-refractivity contribution in [3.63, 3.8) is 0 Å². The van der Waals surface area contributed by atoms with E-state index in [0.717, 1.165) is 17.6 Å². The fourth-order valence-corrected chi connectivity index (χ4v) is 4.05. The summed E-state index contributed by atoms with van der Waals surface area (Å²) in [4.78, 5) is 3.95. The van der Waals surface area contributed by atoms with Crippen LogP contribution in [0.25, 0.3) is 0 Å². The molecule has 1 aliphatic rings. The van der Waals surface area contributed by atoms with Gasteiger partial charge < -0.3 is 4.90 Å². The molecular weight excluding hydrogens is 262 g/mol. The lowest BCUT2D eigenvalue weighted by atomic mass is 10.1. The zero-order chi connectivity index (χ0) is 12.8. The third-order valence-electron chi connectivity index (χ3n) is 3.40. The second kappa shape index (κ2) is 7.42. The van der Waals surface area contributed by atoms with Gasteiger partial charge in [0.2, 0.25) is 0 Å². The number of nitrogens with zero attached hydrogens (tertiary/aromatic N) is 1. The van der Waals surface area contributed by atoms with E-state index in [2.05, 4.69) is 36.2 Å². The topological polar surface area (TPSA) is 3.24 Å². The summed E-state index contributed by atoms with van der Waals surface area (Å²) < 4.78 is 0. The number of hydrogen-bond acceptors (Lipinski definition) is 2. The summed E-state index contributed by atoms with van der Waals surface area (Å²) in [5.41, 5.74) is 1.53. The zero-order valence-corrected chi connectivity index (χ0v) is 12.6. The Bertz CT molecular complexity index is 344. The van der Waals surface area contributed by atoms with E-state index in [-0.39, 0.29) is 0 Å². The standard InChI is InChI=1S/C15H22ClNS/c1-17(10-6-2-5-9-16)12-14-11-13-7-3-4-8-15(13)18-14/h3-4,7-8,14H,2,5-6,9-12H2,1H3. The first-order valence-electron chi connectivity index (χ1n) is 6.78. The van der Waals surface area contributed by atoms with E-state index in [1.807, 2.05) is 11.8 Å². The Kier molecular flexibility index (Phi) is 5.87. The van der Waals surface area contributed by atoms with Crippen LogP contribution in [-0.2, 0) is 6.42 Å². The largest absolute Gasteiger partial charge is 0.305 e. The van der Waals surface area contributed by atoms with Gasteiger partial charge in [-0.15, -0.1) is 23.4 Å². The summed E-state index contributed by atoms with van der Waals surface area (Å²) in [5, 5.41) is 0.737. The zero-order valence-electron chi connectivity index (χ0n) is 11.1. The smallest absolute Gasteiger partial charge is 0.0263 e. The average Bonchev–Trinajstić information content (AvgIpc) is 2.76. The molecule has 0 spiro atoms. The van der Waals surface area contributed by atoms with Crippen molar-refractivity contribution in [1.29, 1.82) is 0 Å². The van der Waals surface area contributed by atoms with Gasteiger partial charge in [-0.2, -0.15) is 0 Å². The maximum atomic E-state index is 5.69. The first kappa shape index (κ1) is 14.2. The van der Waals surface area contributed by atoms with E-state index in [4.69, 9.17) is 11.6 Å². The predicted octanol–water partition coefficient (Wildman–Crippen LogP) is 4.04. The number of halogens is 1. The highest BCUT2D eigenvalue weighted by molar-refractivity contribution is 8.00. The maximum absolute atomic E-state index is 5.69. The van der Waals surface area contributed by atoms with Crippen molar-refractivity contribution in [3.8, 4) is 0 Å². The molecule has 1 nitrogen and oxygen atoms in total. The minimum Gasteiger partial charge on any atom is -0.305 e. The van der Waals surface area contributed by atoms with Gasteiger partial charge in [0.05, 0.1) is 0 Å². The Morgan fingerprint density at radius 1 is 1.28 bits per heavy atom. The molecular formula is C15H22ClNS. The van der Waals surface area contributed by atoms with E-state index < -0.39 is 0 Å². The molecule has 1 aromatic rings. The number of thioether (sulfide) groups is 1. The average molecular weight is 284 g/mol. The van der Waals surface area contributed by atoms with Crippen LogP contribution in [0.2, 0.25) is 0 Å². The summed E-state index contributed by atoms with van der Waals surface area (Å²) in [5.74, 6) is 0.803. The van der Waals surface area contributed by atoms with Crippen LogP contribution in [0.4, 0.5) is 0 Å². The number of alkyl halides is 1. The van der Waals surface area contributed by atoms with Crippen molar-refractivity contribution in [2.75, 3.05) is 26.0 Å². The summed E-state index contributed by atoms with van der Waals surface area (Å²) in [7, 11) is 2.24. The van der Waals surface area contributed by atoms with Gasteiger partial charge in [0, 0.05) is 22.6 Å². The molecule has 1 aromatic carbocycles. The van der Waals surface area contributed by atoms with E-state index >= 15 is 0 Å². The van der Waals surface area contributed by atoms with Crippen molar-refractivity contribution < 1.29 is 0 Å². The Morgan fingerprint density at radius 2 is 2.11 bits per heavy atom. The quantitative estimate of drug-likeness (QED) is 0.549. The molecule has 0 saturated heterocycles. The van der Waals surface area contributed by atoms with Crippen LogP contribution >= 0.6 is 23.4 Å². The lowest BCUT2D eigenvalue weighted by Gasteiger charge is -2.20. The van der Waals surface area contributed by atoms with E-state index in [9.17, 15) is 0 Å². The first-order valence-corrected chi connectivity index (χ1v) is 8.20. The van der Waals surface area contributed by atoms with Crippen LogP contribution in [-0.4, -0.2) is 36.2 Å². The minimum absolute atomic E-state index is 0.737. The van der Waals surface area contributed by atoms with Crippen LogP contribution in [0.15, 0.2) is 29.2 Å².